The van der Waals surface area contributed by atoms with Gasteiger partial charge in [-0.3, -0.25) is 4.90 Å². The normalized spacial score (nSPS) is 25.4. The number of methoxy groups -OCH3 is 1. The molecule has 0 spiro atoms. The van der Waals surface area contributed by atoms with Crippen molar-refractivity contribution in [1.82, 2.24) is 4.90 Å². The fourth-order valence-electron chi connectivity index (χ4n) is 2.15. The number of nitrogens with two attached hydrogens (primary N) is 1. The molecule has 2 unspecified atom stereocenters. The first-order chi connectivity index (χ1) is 7.26. The number of likely N-dealkylation sites (tertiary alicyclic amines) is 1. The number of piperidine rings is 1. The van der Waals surface area contributed by atoms with Crippen LogP contribution in [0.25, 0.3) is 0 Å². The van der Waals surface area contributed by atoms with Crippen molar-refractivity contribution in [3.63, 3.8) is 0 Å². The fourth-order valence-corrected chi connectivity index (χ4v) is 2.15. The number of hydrogen-bond acceptors (Lipinski definition) is 4. The van der Waals surface area contributed by atoms with E-state index in [0.717, 1.165) is 26.2 Å². The maximum absolute atomic E-state index is 5.93. The summed E-state index contributed by atoms with van der Waals surface area (Å²) in [5, 5.41) is 0. The molecular formula is C11H24N2O2. The molecule has 2 N–H and O–H groups in total. The van der Waals surface area contributed by atoms with E-state index in [0.29, 0.717) is 12.7 Å². The van der Waals surface area contributed by atoms with Gasteiger partial charge in [0, 0.05) is 32.8 Å². The van der Waals surface area contributed by atoms with Crippen molar-refractivity contribution >= 4 is 0 Å². The molecule has 1 saturated heterocycles. The van der Waals surface area contributed by atoms with Crippen LogP contribution in [-0.4, -0.2) is 57.0 Å². The fraction of sp³-hybridized carbons (Fsp3) is 1.00. The molecule has 1 heterocycles. The van der Waals surface area contributed by atoms with Crippen LogP contribution in [-0.2, 0) is 9.47 Å². The molecule has 15 heavy (non-hydrogen) atoms. The van der Waals surface area contributed by atoms with Crippen molar-refractivity contribution in [2.45, 2.75) is 31.9 Å². The summed E-state index contributed by atoms with van der Waals surface area (Å²) in [6.07, 6.45) is 2.80. The van der Waals surface area contributed by atoms with E-state index in [1.807, 2.05) is 0 Å². The summed E-state index contributed by atoms with van der Waals surface area (Å²) in [5.41, 5.74) is 5.93. The second kappa shape index (κ2) is 7.17. The summed E-state index contributed by atoms with van der Waals surface area (Å²) in [4.78, 5) is 2.38. The summed E-state index contributed by atoms with van der Waals surface area (Å²) in [6.45, 7) is 6.57. The molecule has 0 aromatic carbocycles. The van der Waals surface area contributed by atoms with Crippen LogP contribution >= 0.6 is 0 Å². The van der Waals surface area contributed by atoms with Crippen LogP contribution < -0.4 is 5.73 Å². The van der Waals surface area contributed by atoms with E-state index in [4.69, 9.17) is 15.2 Å². The maximum atomic E-state index is 5.93. The van der Waals surface area contributed by atoms with Gasteiger partial charge in [-0.15, -0.1) is 0 Å². The lowest BCUT2D eigenvalue weighted by molar-refractivity contribution is 0.00232. The predicted octanol–water partition coefficient (Wildman–Crippen LogP) is 0.461. The minimum Gasteiger partial charge on any atom is -0.383 e. The Morgan fingerprint density at radius 2 is 2.33 bits per heavy atom. The number of rotatable bonds is 6. The lowest BCUT2D eigenvalue weighted by Gasteiger charge is -2.33. The van der Waals surface area contributed by atoms with Crippen molar-refractivity contribution in [2.24, 2.45) is 5.73 Å². The van der Waals surface area contributed by atoms with Crippen molar-refractivity contribution < 1.29 is 9.47 Å². The van der Waals surface area contributed by atoms with E-state index in [1.165, 1.54) is 12.8 Å². The van der Waals surface area contributed by atoms with Gasteiger partial charge < -0.3 is 15.2 Å². The van der Waals surface area contributed by atoms with Crippen LogP contribution in [0.1, 0.15) is 19.8 Å². The van der Waals surface area contributed by atoms with E-state index in [2.05, 4.69) is 11.8 Å². The van der Waals surface area contributed by atoms with Crippen LogP contribution in [0.5, 0.6) is 0 Å². The van der Waals surface area contributed by atoms with E-state index in [1.54, 1.807) is 7.11 Å². The average Bonchev–Trinajstić information content (AvgIpc) is 2.19. The maximum Gasteiger partial charge on any atom is 0.0702 e. The highest BCUT2D eigenvalue weighted by Gasteiger charge is 2.21. The number of nitrogens with zero attached hydrogens (tertiary/aromatic N) is 1. The number of ether oxygens (including phenoxy) is 2. The zero-order valence-electron chi connectivity index (χ0n) is 9.95. The highest BCUT2D eigenvalue weighted by molar-refractivity contribution is 4.76. The molecule has 1 fully saturated rings. The molecule has 1 aliphatic heterocycles. The Kier molecular flexibility index (Phi) is 6.17. The summed E-state index contributed by atoms with van der Waals surface area (Å²) in [5.74, 6) is 0. The Morgan fingerprint density at radius 3 is 3.00 bits per heavy atom. The van der Waals surface area contributed by atoms with Crippen molar-refractivity contribution in [3.8, 4) is 0 Å². The molecule has 1 rings (SSSR count). The van der Waals surface area contributed by atoms with Crippen molar-refractivity contribution in [3.05, 3.63) is 0 Å². The molecule has 0 radical (unpaired) electrons. The molecule has 0 bridgehead atoms. The van der Waals surface area contributed by atoms with Gasteiger partial charge in [0.2, 0.25) is 0 Å². The molecule has 1 aliphatic rings. The quantitative estimate of drug-likeness (QED) is 0.701. The third-order valence-electron chi connectivity index (χ3n) is 2.74. The average molecular weight is 216 g/mol. The minimum absolute atomic E-state index is 0.121. The lowest BCUT2D eigenvalue weighted by atomic mass is 10.1. The molecule has 90 valence electrons. The highest BCUT2D eigenvalue weighted by Crippen LogP contribution is 2.13. The minimum atomic E-state index is 0.121. The Morgan fingerprint density at radius 1 is 1.53 bits per heavy atom. The van der Waals surface area contributed by atoms with Crippen molar-refractivity contribution in [2.75, 3.05) is 40.0 Å². The second-order valence-electron chi connectivity index (χ2n) is 4.19. The molecule has 0 saturated carbocycles. The van der Waals surface area contributed by atoms with Gasteiger partial charge in [0.1, 0.15) is 0 Å². The van der Waals surface area contributed by atoms with Gasteiger partial charge in [0.25, 0.3) is 0 Å². The van der Waals surface area contributed by atoms with Gasteiger partial charge in [-0.1, -0.05) is 0 Å². The monoisotopic (exact) mass is 216 g/mol. The standard InChI is InChI=1S/C11H24N2O2/c1-3-15-11-5-4-6-13(8-11)7-10(12)9-14-2/h10-11H,3-9,12H2,1-2H3. The first kappa shape index (κ1) is 12.9. The van der Waals surface area contributed by atoms with E-state index in [9.17, 15) is 0 Å². The molecule has 4 nitrogen and oxygen atoms in total. The smallest absolute Gasteiger partial charge is 0.0702 e. The summed E-state index contributed by atoms with van der Waals surface area (Å²) in [6, 6.07) is 0.121. The third kappa shape index (κ3) is 4.93. The summed E-state index contributed by atoms with van der Waals surface area (Å²) >= 11 is 0. The van der Waals surface area contributed by atoms with E-state index < -0.39 is 0 Å². The summed E-state index contributed by atoms with van der Waals surface area (Å²) < 4.78 is 10.7. The zero-order valence-corrected chi connectivity index (χ0v) is 9.95. The van der Waals surface area contributed by atoms with Gasteiger partial charge in [-0.2, -0.15) is 0 Å². The SMILES string of the molecule is CCOC1CCCN(CC(N)COC)C1. The molecule has 0 amide bonds. The molecule has 4 heteroatoms. The molecule has 0 aliphatic carbocycles. The van der Waals surface area contributed by atoms with Crippen LogP contribution in [0.2, 0.25) is 0 Å². The topological polar surface area (TPSA) is 47.7 Å². The van der Waals surface area contributed by atoms with E-state index >= 15 is 0 Å². The van der Waals surface area contributed by atoms with Crippen LogP contribution in [0.4, 0.5) is 0 Å². The lowest BCUT2D eigenvalue weighted by Crippen LogP contribution is -2.46. The van der Waals surface area contributed by atoms with E-state index in [-0.39, 0.29) is 6.04 Å². The van der Waals surface area contributed by atoms with Gasteiger partial charge in [0.15, 0.2) is 0 Å². The second-order valence-corrected chi connectivity index (χ2v) is 4.19. The van der Waals surface area contributed by atoms with Crippen molar-refractivity contribution in [1.29, 1.82) is 0 Å². The third-order valence-corrected chi connectivity index (χ3v) is 2.74. The van der Waals surface area contributed by atoms with Gasteiger partial charge >= 0.3 is 0 Å². The number of hydrogen-bond donors (Lipinski definition) is 1. The first-order valence-electron chi connectivity index (χ1n) is 5.84. The van der Waals surface area contributed by atoms with Crippen LogP contribution in [0.3, 0.4) is 0 Å². The zero-order chi connectivity index (χ0) is 11.1. The van der Waals surface area contributed by atoms with Gasteiger partial charge in [-0.25, -0.2) is 0 Å². The molecule has 0 aromatic rings. The highest BCUT2D eigenvalue weighted by atomic mass is 16.5. The van der Waals surface area contributed by atoms with Crippen LogP contribution in [0.15, 0.2) is 0 Å². The Balaban J connectivity index is 2.23. The van der Waals surface area contributed by atoms with Gasteiger partial charge in [-0.05, 0) is 26.3 Å². The molecule has 2 atom stereocenters. The van der Waals surface area contributed by atoms with Crippen LogP contribution in [0, 0.1) is 0 Å². The largest absolute Gasteiger partial charge is 0.383 e. The Labute approximate surface area is 92.7 Å². The molecular weight excluding hydrogens is 192 g/mol. The van der Waals surface area contributed by atoms with Gasteiger partial charge in [0.05, 0.1) is 12.7 Å². The molecule has 0 aromatic heterocycles. The Hall–Kier alpha value is -0.160. The predicted molar refractivity (Wildman–Crippen MR) is 60.9 cm³/mol. The first-order valence-corrected chi connectivity index (χ1v) is 5.84. The summed E-state index contributed by atoms with van der Waals surface area (Å²) in [7, 11) is 1.69. The Bertz CT molecular complexity index is 163.